The van der Waals surface area contributed by atoms with Crippen molar-refractivity contribution in [2.75, 3.05) is 13.2 Å². The Bertz CT molecular complexity index is 1310. The third-order valence-electron chi connectivity index (χ3n) is 7.24. The number of fused-ring (bicyclic) bond motifs is 3. The molecule has 0 saturated heterocycles. The van der Waals surface area contributed by atoms with Gasteiger partial charge >= 0.3 is 0 Å². The van der Waals surface area contributed by atoms with Gasteiger partial charge in [-0.2, -0.15) is 0 Å². The van der Waals surface area contributed by atoms with E-state index >= 15 is 0 Å². The quantitative estimate of drug-likeness (QED) is 0.176. The Morgan fingerprint density at radius 1 is 0.649 bits per heavy atom. The monoisotopic (exact) mass is 490 g/mol. The average Bonchev–Trinajstić information content (AvgIpc) is 3.23. The summed E-state index contributed by atoms with van der Waals surface area (Å²) in [4.78, 5) is 11.2. The van der Waals surface area contributed by atoms with Crippen molar-refractivity contribution in [2.24, 2.45) is 0 Å². The van der Waals surface area contributed by atoms with E-state index in [9.17, 15) is 4.79 Å². The van der Waals surface area contributed by atoms with Crippen LogP contribution in [0.1, 0.15) is 61.8 Å². The summed E-state index contributed by atoms with van der Waals surface area (Å²) < 4.78 is 11.9. The summed E-state index contributed by atoms with van der Waals surface area (Å²) in [6.45, 7) is 5.07. The Balaban J connectivity index is 1.57. The van der Waals surface area contributed by atoms with Gasteiger partial charge in [-0.05, 0) is 77.4 Å². The number of ether oxygens (including phenoxy) is 2. The number of ketones is 1. The van der Waals surface area contributed by atoms with Gasteiger partial charge in [0.05, 0.1) is 18.6 Å². The molecule has 3 nitrogen and oxygen atoms in total. The van der Waals surface area contributed by atoms with E-state index in [2.05, 4.69) is 104 Å². The highest BCUT2D eigenvalue weighted by molar-refractivity contribution is 5.86. The summed E-state index contributed by atoms with van der Waals surface area (Å²) in [6.07, 6.45) is 3.45. The predicted molar refractivity (Wildman–Crippen MR) is 150 cm³/mol. The van der Waals surface area contributed by atoms with Gasteiger partial charge in [0.2, 0.25) is 0 Å². The number of rotatable bonds is 11. The minimum absolute atomic E-state index is 0.196. The van der Waals surface area contributed by atoms with Crippen LogP contribution in [0.3, 0.4) is 0 Å². The fourth-order valence-electron chi connectivity index (χ4n) is 5.47. The zero-order valence-corrected chi connectivity index (χ0v) is 21.7. The molecule has 5 rings (SSSR count). The van der Waals surface area contributed by atoms with E-state index in [1.807, 2.05) is 0 Å². The van der Waals surface area contributed by atoms with Gasteiger partial charge in [-0.25, -0.2) is 0 Å². The van der Waals surface area contributed by atoms with Crippen molar-refractivity contribution in [1.29, 1.82) is 0 Å². The Kier molecular flexibility index (Phi) is 7.41. The summed E-state index contributed by atoms with van der Waals surface area (Å²) in [5, 5.41) is 0. The number of carbonyl (C=O) groups is 1. The van der Waals surface area contributed by atoms with Gasteiger partial charge in [0.1, 0.15) is 17.3 Å². The van der Waals surface area contributed by atoms with Gasteiger partial charge in [0.15, 0.2) is 0 Å². The van der Waals surface area contributed by atoms with Crippen molar-refractivity contribution in [3.05, 3.63) is 119 Å². The van der Waals surface area contributed by atoms with Crippen LogP contribution in [0.5, 0.6) is 11.5 Å². The van der Waals surface area contributed by atoms with E-state index in [-0.39, 0.29) is 5.78 Å². The maximum Gasteiger partial charge on any atom is 0.129 e. The van der Waals surface area contributed by atoms with Crippen molar-refractivity contribution in [3.8, 4) is 22.6 Å². The second-order valence-corrected chi connectivity index (χ2v) is 9.75. The lowest BCUT2D eigenvalue weighted by atomic mass is 9.68. The van der Waals surface area contributed by atoms with Crippen molar-refractivity contribution in [2.45, 2.75) is 44.9 Å². The highest BCUT2D eigenvalue weighted by Crippen LogP contribution is 2.56. The van der Waals surface area contributed by atoms with E-state index in [4.69, 9.17) is 9.47 Å². The smallest absolute Gasteiger partial charge is 0.129 e. The molecular weight excluding hydrogens is 456 g/mol. The molecule has 1 aliphatic rings. The molecule has 188 valence electrons. The molecule has 0 fully saturated rings. The minimum Gasteiger partial charge on any atom is -0.494 e. The van der Waals surface area contributed by atoms with E-state index < -0.39 is 5.41 Å². The van der Waals surface area contributed by atoms with E-state index in [0.717, 1.165) is 37.4 Å². The molecule has 0 heterocycles. The van der Waals surface area contributed by atoms with Gasteiger partial charge in [-0.1, -0.05) is 86.1 Å². The molecule has 0 aromatic heterocycles. The van der Waals surface area contributed by atoms with Crippen LogP contribution in [0, 0.1) is 0 Å². The van der Waals surface area contributed by atoms with Gasteiger partial charge in [-0.15, -0.1) is 0 Å². The lowest BCUT2D eigenvalue weighted by Gasteiger charge is -2.34. The molecular formula is C34H34O3. The molecule has 0 amide bonds. The fraction of sp³-hybridized carbons (Fsp3) is 0.265. The first-order chi connectivity index (χ1) is 18.1. The first-order valence-electron chi connectivity index (χ1n) is 13.3. The van der Waals surface area contributed by atoms with Crippen LogP contribution in [-0.4, -0.2) is 19.0 Å². The molecule has 3 heteroatoms. The number of hydrogen-bond acceptors (Lipinski definition) is 3. The number of unbranched alkanes of at least 4 members (excludes halogenated alkanes) is 1. The molecule has 0 bridgehead atoms. The normalized spacial score (nSPS) is 13.0. The van der Waals surface area contributed by atoms with E-state index in [1.165, 1.54) is 33.4 Å². The molecule has 0 atom stereocenters. The summed E-state index contributed by atoms with van der Waals surface area (Å²) in [5.74, 6) is 1.92. The van der Waals surface area contributed by atoms with Gasteiger partial charge in [-0.3, -0.25) is 0 Å². The number of carbonyl (C=O) groups excluding carboxylic acids is 1. The van der Waals surface area contributed by atoms with E-state index in [0.29, 0.717) is 13.0 Å². The Morgan fingerprint density at radius 3 is 1.57 bits per heavy atom. The standard InChI is InChI=1S/C34H34O3/c1-3-4-23-36-28-19-15-26(16-20-28)34(27-17-21-29(22-18-27)37-24-9-10-25(2)35)32-13-7-5-11-30(32)31-12-6-8-14-33(31)34/h5-8,11-22H,3-4,9-10,23-24H2,1-2H3. The molecule has 37 heavy (non-hydrogen) atoms. The summed E-state index contributed by atoms with van der Waals surface area (Å²) in [7, 11) is 0. The Hall–Kier alpha value is -3.85. The zero-order chi connectivity index (χ0) is 25.7. The third-order valence-corrected chi connectivity index (χ3v) is 7.24. The van der Waals surface area contributed by atoms with E-state index in [1.54, 1.807) is 6.92 Å². The molecule has 1 aliphatic carbocycles. The minimum atomic E-state index is -0.442. The summed E-state index contributed by atoms with van der Waals surface area (Å²) in [5.41, 5.74) is 7.07. The van der Waals surface area contributed by atoms with Crippen LogP contribution in [0.15, 0.2) is 97.1 Å². The second-order valence-electron chi connectivity index (χ2n) is 9.75. The Labute approximate surface area is 220 Å². The van der Waals surface area contributed by atoms with Gasteiger partial charge < -0.3 is 14.3 Å². The highest BCUT2D eigenvalue weighted by Gasteiger charge is 2.45. The second kappa shape index (κ2) is 11.0. The van der Waals surface area contributed by atoms with Crippen LogP contribution in [0.2, 0.25) is 0 Å². The first kappa shape index (κ1) is 24.8. The van der Waals surface area contributed by atoms with Crippen LogP contribution >= 0.6 is 0 Å². The molecule has 4 aromatic rings. The van der Waals surface area contributed by atoms with Crippen LogP contribution in [0.25, 0.3) is 11.1 Å². The highest BCUT2D eigenvalue weighted by atomic mass is 16.5. The number of Topliss-reactive ketones (excluding diaryl/α,β-unsaturated/α-hetero) is 1. The molecule has 4 aromatic carbocycles. The first-order valence-corrected chi connectivity index (χ1v) is 13.3. The summed E-state index contributed by atoms with van der Waals surface area (Å²) >= 11 is 0. The Morgan fingerprint density at radius 2 is 1.11 bits per heavy atom. The van der Waals surface area contributed by atoms with Gasteiger partial charge in [0, 0.05) is 6.42 Å². The van der Waals surface area contributed by atoms with Crippen molar-refractivity contribution >= 4 is 5.78 Å². The predicted octanol–water partition coefficient (Wildman–Crippen LogP) is 7.98. The average molecular weight is 491 g/mol. The maximum absolute atomic E-state index is 11.2. The zero-order valence-electron chi connectivity index (χ0n) is 21.7. The molecule has 0 unspecified atom stereocenters. The van der Waals surface area contributed by atoms with Crippen molar-refractivity contribution in [1.82, 2.24) is 0 Å². The molecule has 0 saturated carbocycles. The number of benzene rings is 4. The number of hydrogen-bond donors (Lipinski definition) is 0. The van der Waals surface area contributed by atoms with Crippen LogP contribution in [0.4, 0.5) is 0 Å². The summed E-state index contributed by atoms with van der Waals surface area (Å²) in [6, 6.07) is 34.6. The fourth-order valence-corrected chi connectivity index (χ4v) is 5.47. The van der Waals surface area contributed by atoms with Crippen molar-refractivity contribution < 1.29 is 14.3 Å². The van der Waals surface area contributed by atoms with Crippen LogP contribution in [-0.2, 0) is 10.2 Å². The SMILES string of the molecule is CCCCOc1ccc(C2(c3ccc(OCCCC(C)=O)cc3)c3ccccc3-c3ccccc32)cc1. The largest absolute Gasteiger partial charge is 0.494 e. The van der Waals surface area contributed by atoms with Gasteiger partial charge in [0.25, 0.3) is 0 Å². The van der Waals surface area contributed by atoms with Crippen molar-refractivity contribution in [3.63, 3.8) is 0 Å². The maximum atomic E-state index is 11.2. The molecule has 0 aliphatic heterocycles. The lowest BCUT2D eigenvalue weighted by Crippen LogP contribution is -2.28. The third kappa shape index (κ3) is 4.79. The molecule has 0 spiro atoms. The molecule has 0 radical (unpaired) electrons. The van der Waals surface area contributed by atoms with Crippen LogP contribution < -0.4 is 9.47 Å². The molecule has 0 N–H and O–H groups in total. The lowest BCUT2D eigenvalue weighted by molar-refractivity contribution is -0.117. The topological polar surface area (TPSA) is 35.5 Å².